The molecule has 0 saturated carbocycles. The first-order chi connectivity index (χ1) is 22.1. The number of aliphatic carboxylic acids is 1. The number of carbonyl (C=O) groups is 5. The lowest BCUT2D eigenvalue weighted by molar-refractivity contribution is -0.141. The van der Waals surface area contributed by atoms with Crippen LogP contribution >= 0.6 is 0 Å². The number of nitrogens with one attached hydrogen (secondary N) is 2. The molecule has 2 aromatic carbocycles. The van der Waals surface area contributed by atoms with Gasteiger partial charge in [0.05, 0.1) is 20.0 Å². The first-order valence-electron chi connectivity index (χ1n) is 15.8. The first-order valence-corrected chi connectivity index (χ1v) is 15.8. The summed E-state index contributed by atoms with van der Waals surface area (Å²) in [6.45, 7) is 16.8. The highest BCUT2D eigenvalue weighted by molar-refractivity contribution is 6.02. The summed E-state index contributed by atoms with van der Waals surface area (Å²) in [4.78, 5) is 67.6. The molecule has 2 rings (SSSR count). The molecule has 0 aliphatic rings. The van der Waals surface area contributed by atoms with Gasteiger partial charge in [0, 0.05) is 11.1 Å². The van der Waals surface area contributed by atoms with Crippen molar-refractivity contribution in [1.29, 1.82) is 0 Å². The summed E-state index contributed by atoms with van der Waals surface area (Å²) in [7, 11) is 1.42. The van der Waals surface area contributed by atoms with E-state index >= 15 is 0 Å². The summed E-state index contributed by atoms with van der Waals surface area (Å²) < 4.78 is 11.2. The zero-order chi connectivity index (χ0) is 36.6. The molecule has 0 heterocycles. The SMILES string of the molecule is COc1ccc(C(=O)N=C(C)N)cc1CC(=O)N[C@H](C(=O)NC(CC(=O)O)C(=O)COc1cc(C(C)(C)C)cc(C(C)(C)C)c1)C(C)C. The van der Waals surface area contributed by atoms with Gasteiger partial charge < -0.3 is 30.9 Å². The second kappa shape index (κ2) is 16.4. The highest BCUT2D eigenvalue weighted by Gasteiger charge is 2.31. The molecule has 2 aromatic rings. The number of methoxy groups -OCH3 is 1. The number of Topliss-reactive ketones (excluding diaryl/α,β-unsaturated/α-hetero) is 1. The lowest BCUT2D eigenvalue weighted by Crippen LogP contribution is -2.54. The Morgan fingerprint density at radius 2 is 1.50 bits per heavy atom. The Labute approximate surface area is 282 Å². The van der Waals surface area contributed by atoms with Crippen LogP contribution in [0.5, 0.6) is 11.5 Å². The normalized spacial score (nSPS) is 13.4. The molecule has 5 N–H and O–H groups in total. The predicted octanol–water partition coefficient (Wildman–Crippen LogP) is 4.10. The maximum absolute atomic E-state index is 13.4. The van der Waals surface area contributed by atoms with Gasteiger partial charge in [-0.15, -0.1) is 0 Å². The van der Waals surface area contributed by atoms with Crippen molar-refractivity contribution in [3.8, 4) is 11.5 Å². The summed E-state index contributed by atoms with van der Waals surface area (Å²) >= 11 is 0. The van der Waals surface area contributed by atoms with Crippen LogP contribution in [0.25, 0.3) is 0 Å². The van der Waals surface area contributed by atoms with Gasteiger partial charge in [0.2, 0.25) is 11.8 Å². The fraction of sp³-hybridized carbons (Fsp3) is 0.500. The van der Waals surface area contributed by atoms with Crippen LogP contribution in [0.15, 0.2) is 41.4 Å². The Morgan fingerprint density at radius 1 is 0.917 bits per heavy atom. The smallest absolute Gasteiger partial charge is 0.305 e. The zero-order valence-electron chi connectivity index (χ0n) is 29.6. The summed E-state index contributed by atoms with van der Waals surface area (Å²) in [6.07, 6.45) is -0.924. The number of amides is 3. The molecule has 262 valence electrons. The lowest BCUT2D eigenvalue weighted by atomic mass is 9.80. The van der Waals surface area contributed by atoms with Gasteiger partial charge in [-0.25, -0.2) is 0 Å². The van der Waals surface area contributed by atoms with Crippen LogP contribution < -0.4 is 25.8 Å². The fourth-order valence-electron chi connectivity index (χ4n) is 4.69. The number of hydrogen-bond acceptors (Lipinski definition) is 7. The number of ether oxygens (including phenoxy) is 2. The van der Waals surface area contributed by atoms with E-state index < -0.39 is 60.5 Å². The Morgan fingerprint density at radius 3 is 1.98 bits per heavy atom. The third-order valence-corrected chi connectivity index (χ3v) is 7.53. The number of ketones is 1. The minimum atomic E-state index is -1.41. The molecule has 0 bridgehead atoms. The number of nitrogens with two attached hydrogens (primary N) is 1. The quantitative estimate of drug-likeness (QED) is 0.170. The lowest BCUT2D eigenvalue weighted by Gasteiger charge is -2.26. The second-order valence-electron chi connectivity index (χ2n) is 14.2. The molecule has 0 spiro atoms. The molecule has 12 heteroatoms. The minimum Gasteiger partial charge on any atom is -0.496 e. The average molecular weight is 667 g/mol. The highest BCUT2D eigenvalue weighted by atomic mass is 16.5. The van der Waals surface area contributed by atoms with Crippen molar-refractivity contribution in [2.75, 3.05) is 13.7 Å². The second-order valence-corrected chi connectivity index (χ2v) is 14.2. The largest absolute Gasteiger partial charge is 0.496 e. The standard InChI is InChI=1S/C36H50N4O8/c1-20(2)32(40-30(42)14-23-13-22(11-12-29(23)47-10)33(45)38-21(3)37)34(46)39-27(18-31(43)44)28(41)19-48-26-16-24(35(4,5)6)15-25(17-26)36(7,8)9/h11-13,15-17,20,27,32H,14,18-19H2,1-10H3,(H,39,46)(H,40,42)(H,43,44)(H2,37,38,45)/t27?,32-/m0/s1. The first kappa shape index (κ1) is 39.4. The van der Waals surface area contributed by atoms with Crippen LogP contribution in [0, 0.1) is 5.92 Å². The fourth-order valence-corrected chi connectivity index (χ4v) is 4.69. The molecular weight excluding hydrogens is 616 g/mol. The van der Waals surface area contributed by atoms with Gasteiger partial charge in [-0.3, -0.25) is 24.0 Å². The van der Waals surface area contributed by atoms with Crippen LogP contribution in [0.2, 0.25) is 0 Å². The topological polar surface area (TPSA) is 186 Å². The molecule has 0 aliphatic heterocycles. The Hall–Kier alpha value is -4.74. The van der Waals surface area contributed by atoms with E-state index in [0.717, 1.165) is 11.1 Å². The number of hydrogen-bond donors (Lipinski definition) is 4. The maximum Gasteiger partial charge on any atom is 0.305 e. The summed E-state index contributed by atoms with van der Waals surface area (Å²) in [5.41, 5.74) is 7.73. The van der Waals surface area contributed by atoms with Gasteiger partial charge in [-0.2, -0.15) is 4.99 Å². The van der Waals surface area contributed by atoms with E-state index in [-0.39, 0.29) is 28.6 Å². The van der Waals surface area contributed by atoms with Crippen LogP contribution in [0.1, 0.15) is 95.8 Å². The van der Waals surface area contributed by atoms with Crippen molar-refractivity contribution < 1.29 is 38.6 Å². The van der Waals surface area contributed by atoms with E-state index in [1.54, 1.807) is 13.8 Å². The zero-order valence-corrected chi connectivity index (χ0v) is 29.6. The van der Waals surface area contributed by atoms with Crippen LogP contribution in [0.4, 0.5) is 0 Å². The van der Waals surface area contributed by atoms with Gasteiger partial charge in [0.15, 0.2) is 5.78 Å². The number of aliphatic imine (C=N–C) groups is 1. The summed E-state index contributed by atoms with van der Waals surface area (Å²) in [5, 5.41) is 14.7. The van der Waals surface area contributed by atoms with Crippen molar-refractivity contribution >= 4 is 35.3 Å². The van der Waals surface area contributed by atoms with Gasteiger partial charge in [-0.05, 0) is 65.1 Å². The molecule has 0 aromatic heterocycles. The molecule has 0 aliphatic carbocycles. The van der Waals surface area contributed by atoms with Crippen LogP contribution in [-0.4, -0.2) is 66.2 Å². The van der Waals surface area contributed by atoms with Crippen molar-refractivity contribution in [1.82, 2.24) is 10.6 Å². The Bertz CT molecular complexity index is 1510. The summed E-state index contributed by atoms with van der Waals surface area (Å²) in [6, 6.07) is 7.77. The van der Waals surface area contributed by atoms with Crippen LogP contribution in [0.3, 0.4) is 0 Å². The third kappa shape index (κ3) is 11.8. The Kier molecular flexibility index (Phi) is 13.5. The van der Waals surface area contributed by atoms with Crippen molar-refractivity contribution in [3.63, 3.8) is 0 Å². The molecule has 48 heavy (non-hydrogen) atoms. The van der Waals surface area contributed by atoms with Crippen molar-refractivity contribution in [2.45, 2.75) is 98.1 Å². The van der Waals surface area contributed by atoms with Crippen molar-refractivity contribution in [2.24, 2.45) is 16.6 Å². The molecule has 1 unspecified atom stereocenters. The number of carboxylic acid groups (broad SMARTS) is 1. The number of carbonyl (C=O) groups excluding carboxylic acids is 4. The van der Waals surface area contributed by atoms with Gasteiger partial charge in [0.25, 0.3) is 5.91 Å². The Balaban J connectivity index is 2.23. The van der Waals surface area contributed by atoms with Crippen molar-refractivity contribution in [3.05, 3.63) is 58.7 Å². The van der Waals surface area contributed by atoms with E-state index in [0.29, 0.717) is 17.1 Å². The van der Waals surface area contributed by atoms with E-state index in [1.807, 2.05) is 12.1 Å². The molecule has 0 saturated heterocycles. The van der Waals surface area contributed by atoms with E-state index in [1.165, 1.54) is 32.2 Å². The third-order valence-electron chi connectivity index (χ3n) is 7.53. The number of nitrogens with zero attached hydrogens (tertiary/aromatic N) is 1. The molecule has 0 radical (unpaired) electrons. The summed E-state index contributed by atoms with van der Waals surface area (Å²) in [5.74, 6) is -3.37. The highest BCUT2D eigenvalue weighted by Crippen LogP contribution is 2.33. The van der Waals surface area contributed by atoms with Gasteiger partial charge >= 0.3 is 5.97 Å². The van der Waals surface area contributed by atoms with E-state index in [2.05, 4.69) is 63.2 Å². The molecule has 0 fully saturated rings. The molecule has 3 amide bonds. The minimum absolute atomic E-state index is 0.0801. The maximum atomic E-state index is 13.4. The predicted molar refractivity (Wildman–Crippen MR) is 184 cm³/mol. The van der Waals surface area contributed by atoms with Crippen LogP contribution in [-0.2, 0) is 36.4 Å². The number of benzene rings is 2. The van der Waals surface area contributed by atoms with E-state index in [9.17, 15) is 29.1 Å². The number of amidine groups is 1. The molecular formula is C36H50N4O8. The monoisotopic (exact) mass is 666 g/mol. The number of carboxylic acids is 1. The molecule has 2 atom stereocenters. The number of rotatable bonds is 14. The van der Waals surface area contributed by atoms with E-state index in [4.69, 9.17) is 15.2 Å². The van der Waals surface area contributed by atoms with Gasteiger partial charge in [-0.1, -0.05) is 61.5 Å². The average Bonchev–Trinajstić information content (AvgIpc) is 2.96. The molecule has 12 nitrogen and oxygen atoms in total. The van der Waals surface area contributed by atoms with Gasteiger partial charge in [0.1, 0.15) is 36.0 Å².